The Morgan fingerprint density at radius 2 is 2.14 bits per heavy atom. The number of hydrogen-bond donors (Lipinski definition) is 0. The molecule has 0 N–H and O–H groups in total. The SMILES string of the molecule is C=CCN(Cc1nc(-c2cccc(C)c2)no1)C(=O)c1cc([N+](=O)[O-])ccc1Cl. The number of nitrogens with zero attached hydrogens (tertiary/aromatic N) is 4. The molecule has 0 fully saturated rings. The van der Waals surface area contributed by atoms with Crippen LogP contribution >= 0.6 is 11.6 Å². The number of amides is 1. The lowest BCUT2D eigenvalue weighted by Gasteiger charge is -2.19. The van der Waals surface area contributed by atoms with Gasteiger partial charge in [0, 0.05) is 24.2 Å². The van der Waals surface area contributed by atoms with Gasteiger partial charge in [-0.15, -0.1) is 6.58 Å². The third-order valence-corrected chi connectivity index (χ3v) is 4.43. The molecule has 3 rings (SSSR count). The van der Waals surface area contributed by atoms with Gasteiger partial charge in [-0.25, -0.2) is 0 Å². The van der Waals surface area contributed by atoms with Gasteiger partial charge in [0.05, 0.1) is 15.5 Å². The number of aromatic nitrogens is 2. The predicted octanol–water partition coefficient (Wildman–Crippen LogP) is 4.44. The van der Waals surface area contributed by atoms with Gasteiger partial charge in [0.15, 0.2) is 0 Å². The van der Waals surface area contributed by atoms with Gasteiger partial charge in [-0.2, -0.15) is 4.98 Å². The number of benzene rings is 2. The van der Waals surface area contributed by atoms with E-state index in [-0.39, 0.29) is 35.3 Å². The van der Waals surface area contributed by atoms with Crippen LogP contribution in [-0.4, -0.2) is 32.4 Å². The van der Waals surface area contributed by atoms with Crippen molar-refractivity contribution < 1.29 is 14.2 Å². The molecule has 1 heterocycles. The summed E-state index contributed by atoms with van der Waals surface area (Å²) in [6.45, 7) is 5.77. The topological polar surface area (TPSA) is 102 Å². The summed E-state index contributed by atoms with van der Waals surface area (Å²) in [5.74, 6) is 0.121. The highest BCUT2D eigenvalue weighted by Crippen LogP contribution is 2.24. The number of carbonyl (C=O) groups excluding carboxylic acids is 1. The summed E-state index contributed by atoms with van der Waals surface area (Å²) < 4.78 is 5.28. The van der Waals surface area contributed by atoms with Crippen LogP contribution < -0.4 is 0 Å². The van der Waals surface area contributed by atoms with Gasteiger partial charge >= 0.3 is 0 Å². The van der Waals surface area contributed by atoms with Crippen LogP contribution in [-0.2, 0) is 6.54 Å². The Morgan fingerprint density at radius 1 is 1.34 bits per heavy atom. The highest BCUT2D eigenvalue weighted by Gasteiger charge is 2.23. The molecule has 0 unspecified atom stereocenters. The first-order valence-electron chi connectivity index (χ1n) is 8.62. The molecule has 0 saturated heterocycles. The fourth-order valence-corrected chi connectivity index (χ4v) is 2.92. The quantitative estimate of drug-likeness (QED) is 0.323. The van der Waals surface area contributed by atoms with Gasteiger partial charge in [-0.1, -0.05) is 46.6 Å². The average Bonchev–Trinajstić information content (AvgIpc) is 3.16. The number of nitro benzene ring substituents is 1. The Morgan fingerprint density at radius 3 is 2.83 bits per heavy atom. The molecule has 29 heavy (non-hydrogen) atoms. The maximum Gasteiger partial charge on any atom is 0.270 e. The summed E-state index contributed by atoms with van der Waals surface area (Å²) >= 11 is 6.09. The molecule has 1 aromatic heterocycles. The minimum Gasteiger partial charge on any atom is -0.337 e. The lowest BCUT2D eigenvalue weighted by atomic mass is 10.1. The zero-order chi connectivity index (χ0) is 21.0. The Hall–Kier alpha value is -3.52. The molecule has 0 aliphatic heterocycles. The van der Waals surface area contributed by atoms with E-state index >= 15 is 0 Å². The second kappa shape index (κ2) is 8.66. The van der Waals surface area contributed by atoms with Crippen molar-refractivity contribution in [1.29, 1.82) is 0 Å². The third kappa shape index (κ3) is 4.67. The van der Waals surface area contributed by atoms with Crippen LogP contribution in [0.15, 0.2) is 59.6 Å². The lowest BCUT2D eigenvalue weighted by Crippen LogP contribution is -2.31. The Labute approximate surface area is 171 Å². The normalized spacial score (nSPS) is 10.6. The van der Waals surface area contributed by atoms with Gasteiger partial charge < -0.3 is 9.42 Å². The summed E-state index contributed by atoms with van der Waals surface area (Å²) in [5.41, 5.74) is 1.64. The second-order valence-electron chi connectivity index (χ2n) is 6.28. The highest BCUT2D eigenvalue weighted by atomic mass is 35.5. The van der Waals surface area contributed by atoms with Gasteiger partial charge in [-0.05, 0) is 19.1 Å². The number of hydrogen-bond acceptors (Lipinski definition) is 6. The number of carbonyl (C=O) groups is 1. The number of nitro groups is 1. The number of non-ortho nitro benzene ring substituents is 1. The molecule has 0 atom stereocenters. The van der Waals surface area contributed by atoms with Gasteiger partial charge in [0.1, 0.15) is 6.54 Å². The molecule has 8 nitrogen and oxygen atoms in total. The summed E-state index contributed by atoms with van der Waals surface area (Å²) in [5, 5.41) is 15.1. The van der Waals surface area contributed by atoms with E-state index in [1.165, 1.54) is 23.1 Å². The van der Waals surface area contributed by atoms with Gasteiger partial charge in [-0.3, -0.25) is 14.9 Å². The number of halogens is 1. The van der Waals surface area contributed by atoms with Crippen LogP contribution in [0.25, 0.3) is 11.4 Å². The van der Waals surface area contributed by atoms with Crippen LogP contribution in [0, 0.1) is 17.0 Å². The zero-order valence-electron chi connectivity index (χ0n) is 15.5. The van der Waals surface area contributed by atoms with Crippen molar-refractivity contribution in [2.45, 2.75) is 13.5 Å². The van der Waals surface area contributed by atoms with E-state index < -0.39 is 10.8 Å². The van der Waals surface area contributed by atoms with Crippen LogP contribution in [0.1, 0.15) is 21.8 Å². The van der Waals surface area contributed by atoms with E-state index in [9.17, 15) is 14.9 Å². The van der Waals surface area contributed by atoms with E-state index in [2.05, 4.69) is 16.7 Å². The van der Waals surface area contributed by atoms with Crippen molar-refractivity contribution >= 4 is 23.2 Å². The fourth-order valence-electron chi connectivity index (χ4n) is 2.72. The van der Waals surface area contributed by atoms with Crippen molar-refractivity contribution in [3.63, 3.8) is 0 Å². The van der Waals surface area contributed by atoms with Crippen molar-refractivity contribution in [3.8, 4) is 11.4 Å². The summed E-state index contributed by atoms with van der Waals surface area (Å²) in [6, 6.07) is 11.3. The van der Waals surface area contributed by atoms with Gasteiger partial charge in [0.25, 0.3) is 11.6 Å². The van der Waals surface area contributed by atoms with E-state index in [1.807, 2.05) is 31.2 Å². The van der Waals surface area contributed by atoms with Crippen molar-refractivity contribution in [3.05, 3.63) is 87.3 Å². The second-order valence-corrected chi connectivity index (χ2v) is 6.68. The van der Waals surface area contributed by atoms with Gasteiger partial charge in [0.2, 0.25) is 11.7 Å². The van der Waals surface area contributed by atoms with E-state index in [1.54, 1.807) is 0 Å². The molecular formula is C20H17ClN4O4. The highest BCUT2D eigenvalue weighted by molar-refractivity contribution is 6.33. The average molecular weight is 413 g/mol. The van der Waals surface area contributed by atoms with Crippen LogP contribution in [0.4, 0.5) is 5.69 Å². The first kappa shape index (κ1) is 20.2. The van der Waals surface area contributed by atoms with Crippen molar-refractivity contribution in [2.75, 3.05) is 6.54 Å². The standard InChI is InChI=1S/C20H17ClN4O4/c1-3-9-24(20(26)16-11-15(25(27)28)7-8-17(16)21)12-18-22-19(23-29-18)14-6-4-5-13(2)10-14/h3-8,10-11H,1,9,12H2,2H3. The number of rotatable bonds is 7. The van der Waals surface area contributed by atoms with E-state index in [4.69, 9.17) is 16.1 Å². The molecule has 0 aliphatic carbocycles. The Bertz CT molecular complexity index is 1080. The molecule has 0 bridgehead atoms. The van der Waals surface area contributed by atoms with E-state index in [0.29, 0.717) is 5.82 Å². The first-order chi connectivity index (χ1) is 13.9. The zero-order valence-corrected chi connectivity index (χ0v) is 16.3. The molecule has 3 aromatic rings. The maximum atomic E-state index is 12.9. The first-order valence-corrected chi connectivity index (χ1v) is 9.00. The Balaban J connectivity index is 1.86. The fraction of sp³-hybridized carbons (Fsp3) is 0.150. The predicted molar refractivity (Wildman–Crippen MR) is 108 cm³/mol. The lowest BCUT2D eigenvalue weighted by molar-refractivity contribution is -0.384. The summed E-state index contributed by atoms with van der Waals surface area (Å²) in [6.07, 6.45) is 1.53. The molecular weight excluding hydrogens is 396 g/mol. The molecule has 0 radical (unpaired) electrons. The van der Waals surface area contributed by atoms with Crippen LogP contribution in [0.5, 0.6) is 0 Å². The Kier molecular flexibility index (Phi) is 6.04. The third-order valence-electron chi connectivity index (χ3n) is 4.10. The summed E-state index contributed by atoms with van der Waals surface area (Å²) in [4.78, 5) is 29.1. The molecule has 0 saturated carbocycles. The monoisotopic (exact) mass is 412 g/mol. The molecule has 2 aromatic carbocycles. The summed E-state index contributed by atoms with van der Waals surface area (Å²) in [7, 11) is 0. The molecule has 0 spiro atoms. The molecule has 9 heteroatoms. The molecule has 0 aliphatic rings. The van der Waals surface area contributed by atoms with Crippen molar-refractivity contribution in [1.82, 2.24) is 15.0 Å². The molecule has 148 valence electrons. The van der Waals surface area contributed by atoms with Crippen LogP contribution in [0.2, 0.25) is 5.02 Å². The van der Waals surface area contributed by atoms with Crippen LogP contribution in [0.3, 0.4) is 0 Å². The number of aryl methyl sites for hydroxylation is 1. The largest absolute Gasteiger partial charge is 0.337 e. The van der Waals surface area contributed by atoms with Crippen molar-refractivity contribution in [2.24, 2.45) is 0 Å². The minimum atomic E-state index is -0.586. The minimum absolute atomic E-state index is 0.00267. The smallest absolute Gasteiger partial charge is 0.270 e. The molecule has 1 amide bonds. The van der Waals surface area contributed by atoms with E-state index in [0.717, 1.165) is 17.2 Å². The maximum absolute atomic E-state index is 12.9.